The van der Waals surface area contributed by atoms with Crippen LogP contribution in [-0.4, -0.2) is 22.1 Å². The lowest BCUT2D eigenvalue weighted by atomic mass is 10.2. The normalized spacial score (nSPS) is 10.7. The van der Waals surface area contributed by atoms with E-state index in [2.05, 4.69) is 4.98 Å². The van der Waals surface area contributed by atoms with Gasteiger partial charge in [0.25, 0.3) is 0 Å². The highest BCUT2D eigenvalue weighted by Crippen LogP contribution is 2.25. The molecule has 0 saturated carbocycles. The van der Waals surface area contributed by atoms with Crippen LogP contribution >= 0.6 is 11.6 Å². The van der Waals surface area contributed by atoms with Crippen LogP contribution in [0.4, 0.5) is 5.82 Å². The molecule has 0 unspecified atom stereocenters. The molecular weight excluding hydrogens is 290 g/mol. The highest BCUT2D eigenvalue weighted by atomic mass is 35.5. The zero-order chi connectivity index (χ0) is 15.6. The number of rotatable bonds is 4. The number of halogens is 1. The average Bonchev–Trinajstić information content (AvgIpc) is 2.79. The molecule has 0 amide bonds. The Labute approximate surface area is 128 Å². The Bertz CT molecular complexity index is 680. The molecule has 0 spiro atoms. The van der Waals surface area contributed by atoms with Gasteiger partial charge < -0.3 is 10.5 Å². The third-order valence-corrected chi connectivity index (χ3v) is 3.59. The molecular formula is C15H18ClN3O2. The second-order valence-electron chi connectivity index (χ2n) is 4.60. The number of ether oxygens (including phenoxy) is 1. The van der Waals surface area contributed by atoms with Crippen LogP contribution in [0, 0.1) is 6.92 Å². The minimum Gasteiger partial charge on any atom is -0.461 e. The zero-order valence-electron chi connectivity index (χ0n) is 12.3. The number of hydrogen-bond donors (Lipinski definition) is 1. The van der Waals surface area contributed by atoms with Gasteiger partial charge in [-0.1, -0.05) is 24.6 Å². The van der Waals surface area contributed by atoms with Crippen molar-refractivity contribution in [2.45, 2.75) is 27.2 Å². The van der Waals surface area contributed by atoms with E-state index >= 15 is 0 Å². The van der Waals surface area contributed by atoms with E-state index in [0.29, 0.717) is 17.3 Å². The van der Waals surface area contributed by atoms with Crippen molar-refractivity contribution in [2.24, 2.45) is 0 Å². The molecule has 1 aromatic heterocycles. The van der Waals surface area contributed by atoms with Gasteiger partial charge >= 0.3 is 5.97 Å². The smallest absolute Gasteiger partial charge is 0.360 e. The molecule has 0 aliphatic rings. The van der Waals surface area contributed by atoms with Crippen LogP contribution in [0.2, 0.25) is 5.02 Å². The Balaban J connectivity index is 2.57. The summed E-state index contributed by atoms with van der Waals surface area (Å²) in [4.78, 5) is 16.2. The predicted octanol–water partition coefficient (Wildman–Crippen LogP) is 3.16. The van der Waals surface area contributed by atoms with E-state index in [1.807, 2.05) is 32.0 Å². The van der Waals surface area contributed by atoms with Crippen LogP contribution in [0.3, 0.4) is 0 Å². The number of aryl methyl sites for hydroxylation is 2. The monoisotopic (exact) mass is 307 g/mol. The first kappa shape index (κ1) is 15.4. The SMILES string of the molecule is CCOC(=O)c1nc(CC)n(-c2ccc(C)c(Cl)c2)c1N. The number of carbonyl (C=O) groups is 1. The summed E-state index contributed by atoms with van der Waals surface area (Å²) in [6, 6.07) is 5.61. The van der Waals surface area contributed by atoms with Gasteiger partial charge in [-0.3, -0.25) is 4.57 Å². The molecule has 112 valence electrons. The lowest BCUT2D eigenvalue weighted by molar-refractivity contribution is 0.0521. The number of nitrogens with zero attached hydrogens (tertiary/aromatic N) is 2. The van der Waals surface area contributed by atoms with E-state index in [4.69, 9.17) is 22.1 Å². The molecule has 0 atom stereocenters. The van der Waals surface area contributed by atoms with Gasteiger partial charge in [0.2, 0.25) is 0 Å². The summed E-state index contributed by atoms with van der Waals surface area (Å²) >= 11 is 6.16. The van der Waals surface area contributed by atoms with E-state index < -0.39 is 5.97 Å². The number of benzene rings is 1. The Kier molecular flexibility index (Phi) is 4.53. The quantitative estimate of drug-likeness (QED) is 0.881. The molecule has 2 N–H and O–H groups in total. The number of nitrogen functional groups attached to an aromatic ring is 1. The topological polar surface area (TPSA) is 70.1 Å². The van der Waals surface area contributed by atoms with Gasteiger partial charge in [-0.05, 0) is 31.5 Å². The molecule has 2 rings (SSSR count). The average molecular weight is 308 g/mol. The van der Waals surface area contributed by atoms with Crippen molar-refractivity contribution in [3.63, 3.8) is 0 Å². The van der Waals surface area contributed by atoms with Crippen molar-refractivity contribution in [1.82, 2.24) is 9.55 Å². The highest BCUT2D eigenvalue weighted by molar-refractivity contribution is 6.31. The minimum atomic E-state index is -0.512. The standard InChI is InChI=1S/C15H18ClN3O2/c1-4-12-18-13(15(20)21-5-2)14(17)19(12)10-7-6-9(3)11(16)8-10/h6-8H,4-5,17H2,1-3H3. The van der Waals surface area contributed by atoms with E-state index in [1.54, 1.807) is 11.5 Å². The number of hydrogen-bond acceptors (Lipinski definition) is 4. The van der Waals surface area contributed by atoms with Crippen LogP contribution < -0.4 is 5.73 Å². The summed E-state index contributed by atoms with van der Waals surface area (Å²) in [5.41, 5.74) is 7.99. The van der Waals surface area contributed by atoms with Gasteiger partial charge in [-0.2, -0.15) is 0 Å². The van der Waals surface area contributed by atoms with E-state index in [9.17, 15) is 4.79 Å². The first-order valence-electron chi connectivity index (χ1n) is 6.80. The molecule has 0 bridgehead atoms. The van der Waals surface area contributed by atoms with Gasteiger partial charge in [0, 0.05) is 11.4 Å². The Morgan fingerprint density at radius 1 is 1.43 bits per heavy atom. The number of imidazole rings is 1. The molecule has 0 aliphatic heterocycles. The summed E-state index contributed by atoms with van der Waals surface area (Å²) in [6.07, 6.45) is 0.634. The predicted molar refractivity (Wildman–Crippen MR) is 83.1 cm³/mol. The Morgan fingerprint density at radius 2 is 2.14 bits per heavy atom. The van der Waals surface area contributed by atoms with Crippen molar-refractivity contribution in [1.29, 1.82) is 0 Å². The van der Waals surface area contributed by atoms with E-state index in [1.165, 1.54) is 0 Å². The maximum atomic E-state index is 11.9. The summed E-state index contributed by atoms with van der Waals surface area (Å²) < 4.78 is 6.71. The summed E-state index contributed by atoms with van der Waals surface area (Å²) in [5.74, 6) is 0.447. The largest absolute Gasteiger partial charge is 0.461 e. The molecule has 2 aromatic rings. The van der Waals surface area contributed by atoms with Crippen molar-refractivity contribution in [3.05, 3.63) is 40.3 Å². The van der Waals surface area contributed by atoms with Crippen LogP contribution in [0.25, 0.3) is 5.69 Å². The minimum absolute atomic E-state index is 0.144. The van der Waals surface area contributed by atoms with Gasteiger partial charge in [0.15, 0.2) is 5.69 Å². The first-order valence-corrected chi connectivity index (χ1v) is 7.18. The molecule has 1 heterocycles. The molecule has 21 heavy (non-hydrogen) atoms. The molecule has 0 saturated heterocycles. The molecule has 0 fully saturated rings. The second kappa shape index (κ2) is 6.18. The lowest BCUT2D eigenvalue weighted by Crippen LogP contribution is -2.09. The highest BCUT2D eigenvalue weighted by Gasteiger charge is 2.21. The summed E-state index contributed by atoms with van der Waals surface area (Å²) in [7, 11) is 0. The maximum Gasteiger partial charge on any atom is 0.360 e. The van der Waals surface area contributed by atoms with Gasteiger partial charge in [-0.25, -0.2) is 9.78 Å². The van der Waals surface area contributed by atoms with Crippen molar-refractivity contribution in [2.75, 3.05) is 12.3 Å². The first-order chi connectivity index (χ1) is 9.99. The molecule has 1 aromatic carbocycles. The maximum absolute atomic E-state index is 11.9. The van der Waals surface area contributed by atoms with Gasteiger partial charge in [0.05, 0.1) is 12.3 Å². The van der Waals surface area contributed by atoms with Gasteiger partial charge in [0.1, 0.15) is 11.6 Å². The van der Waals surface area contributed by atoms with Crippen molar-refractivity contribution >= 4 is 23.4 Å². The third-order valence-electron chi connectivity index (χ3n) is 3.18. The Morgan fingerprint density at radius 3 is 2.71 bits per heavy atom. The number of esters is 1. The van der Waals surface area contributed by atoms with E-state index in [-0.39, 0.29) is 18.1 Å². The number of nitrogens with two attached hydrogens (primary N) is 1. The fourth-order valence-electron chi connectivity index (χ4n) is 2.08. The van der Waals surface area contributed by atoms with Crippen molar-refractivity contribution < 1.29 is 9.53 Å². The number of carbonyl (C=O) groups excluding carboxylic acids is 1. The summed E-state index contributed by atoms with van der Waals surface area (Å²) in [5, 5.41) is 0.639. The van der Waals surface area contributed by atoms with E-state index in [0.717, 1.165) is 11.3 Å². The lowest BCUT2D eigenvalue weighted by Gasteiger charge is -2.10. The zero-order valence-corrected chi connectivity index (χ0v) is 13.1. The second-order valence-corrected chi connectivity index (χ2v) is 5.01. The Hall–Kier alpha value is -2.01. The third kappa shape index (κ3) is 2.88. The van der Waals surface area contributed by atoms with Crippen molar-refractivity contribution in [3.8, 4) is 5.69 Å². The van der Waals surface area contributed by atoms with Crippen LogP contribution in [0.1, 0.15) is 35.7 Å². The molecule has 0 radical (unpaired) electrons. The van der Waals surface area contributed by atoms with Crippen LogP contribution in [0.15, 0.2) is 18.2 Å². The molecule has 5 nitrogen and oxygen atoms in total. The number of aromatic nitrogens is 2. The molecule has 6 heteroatoms. The van der Waals surface area contributed by atoms with Crippen LogP contribution in [-0.2, 0) is 11.2 Å². The summed E-state index contributed by atoms with van der Waals surface area (Å²) in [6.45, 7) is 5.89. The number of anilines is 1. The fraction of sp³-hybridized carbons (Fsp3) is 0.333. The van der Waals surface area contributed by atoms with Crippen LogP contribution in [0.5, 0.6) is 0 Å². The fourth-order valence-corrected chi connectivity index (χ4v) is 2.25. The molecule has 0 aliphatic carbocycles. The van der Waals surface area contributed by atoms with Gasteiger partial charge in [-0.15, -0.1) is 0 Å².